The first-order chi connectivity index (χ1) is 11.7. The SMILES string of the molecule is CCC[C@H](C(=O)OCc1ccccc1)N1CCC(C(=O)OCC)C1. The summed E-state index contributed by atoms with van der Waals surface area (Å²) in [5.41, 5.74) is 0.979. The molecule has 1 heterocycles. The predicted octanol–water partition coefficient (Wildman–Crippen LogP) is 2.78. The number of nitrogens with zero attached hydrogens (tertiary/aromatic N) is 1. The minimum Gasteiger partial charge on any atom is -0.466 e. The van der Waals surface area contributed by atoms with Crippen molar-refractivity contribution in [3.8, 4) is 0 Å². The van der Waals surface area contributed by atoms with Gasteiger partial charge in [0.2, 0.25) is 0 Å². The molecule has 0 radical (unpaired) electrons. The van der Waals surface area contributed by atoms with Gasteiger partial charge in [-0.25, -0.2) is 0 Å². The summed E-state index contributed by atoms with van der Waals surface area (Å²) in [6.07, 6.45) is 2.37. The monoisotopic (exact) mass is 333 g/mol. The van der Waals surface area contributed by atoms with Crippen LogP contribution in [0.3, 0.4) is 0 Å². The van der Waals surface area contributed by atoms with E-state index in [0.717, 1.165) is 31.4 Å². The standard InChI is InChI=1S/C19H27NO4/c1-3-8-17(19(22)24-14-15-9-6-5-7-10-15)20-12-11-16(13-20)18(21)23-4-2/h5-7,9-10,16-17H,3-4,8,11-14H2,1-2H3/t16?,17-/m1/s1. The smallest absolute Gasteiger partial charge is 0.323 e. The van der Waals surface area contributed by atoms with Gasteiger partial charge in [-0.05, 0) is 31.9 Å². The second-order valence-electron chi connectivity index (χ2n) is 6.13. The predicted molar refractivity (Wildman–Crippen MR) is 91.2 cm³/mol. The molecule has 132 valence electrons. The fourth-order valence-corrected chi connectivity index (χ4v) is 3.07. The van der Waals surface area contributed by atoms with Crippen molar-refractivity contribution in [3.63, 3.8) is 0 Å². The van der Waals surface area contributed by atoms with Gasteiger partial charge in [0.15, 0.2) is 0 Å². The number of ether oxygens (including phenoxy) is 2. The van der Waals surface area contributed by atoms with Crippen LogP contribution in [0.4, 0.5) is 0 Å². The number of carbonyl (C=O) groups is 2. The van der Waals surface area contributed by atoms with Crippen LogP contribution in [0.1, 0.15) is 38.7 Å². The third-order valence-corrected chi connectivity index (χ3v) is 4.34. The lowest BCUT2D eigenvalue weighted by atomic mass is 10.1. The maximum atomic E-state index is 12.5. The van der Waals surface area contributed by atoms with E-state index in [-0.39, 0.29) is 30.5 Å². The van der Waals surface area contributed by atoms with Gasteiger partial charge >= 0.3 is 11.9 Å². The summed E-state index contributed by atoms with van der Waals surface area (Å²) in [6, 6.07) is 9.39. The molecule has 0 spiro atoms. The van der Waals surface area contributed by atoms with Crippen molar-refractivity contribution in [3.05, 3.63) is 35.9 Å². The lowest BCUT2D eigenvalue weighted by molar-refractivity contribution is -0.153. The molecule has 0 saturated carbocycles. The molecule has 1 saturated heterocycles. The molecule has 0 N–H and O–H groups in total. The van der Waals surface area contributed by atoms with E-state index in [1.165, 1.54) is 0 Å². The van der Waals surface area contributed by atoms with Crippen molar-refractivity contribution in [2.45, 2.75) is 45.8 Å². The number of benzene rings is 1. The third-order valence-electron chi connectivity index (χ3n) is 4.34. The molecule has 1 aromatic carbocycles. The zero-order valence-electron chi connectivity index (χ0n) is 14.6. The molecule has 5 heteroatoms. The molecule has 1 fully saturated rings. The summed E-state index contributed by atoms with van der Waals surface area (Å²) in [5, 5.41) is 0. The Kier molecular flexibility index (Phi) is 7.25. The minimum atomic E-state index is -0.280. The molecule has 1 aromatic rings. The quantitative estimate of drug-likeness (QED) is 0.685. The molecular formula is C19H27NO4. The van der Waals surface area contributed by atoms with Crippen LogP contribution < -0.4 is 0 Å². The van der Waals surface area contributed by atoms with E-state index < -0.39 is 0 Å². The van der Waals surface area contributed by atoms with Crippen LogP contribution in [-0.4, -0.2) is 42.6 Å². The van der Waals surface area contributed by atoms with Crippen LogP contribution in [0.2, 0.25) is 0 Å². The van der Waals surface area contributed by atoms with Crippen LogP contribution in [0.25, 0.3) is 0 Å². The summed E-state index contributed by atoms with van der Waals surface area (Å²) in [5.74, 6) is -0.496. The number of carbonyl (C=O) groups excluding carboxylic acids is 2. The summed E-state index contributed by atoms with van der Waals surface area (Å²) in [6.45, 7) is 5.85. The molecule has 2 rings (SSSR count). The zero-order chi connectivity index (χ0) is 17.4. The highest BCUT2D eigenvalue weighted by Crippen LogP contribution is 2.23. The maximum absolute atomic E-state index is 12.5. The Bertz CT molecular complexity index is 531. The summed E-state index contributed by atoms with van der Waals surface area (Å²) >= 11 is 0. The van der Waals surface area contributed by atoms with E-state index in [0.29, 0.717) is 13.2 Å². The Labute approximate surface area is 143 Å². The van der Waals surface area contributed by atoms with Crippen LogP contribution in [0.5, 0.6) is 0 Å². The average molecular weight is 333 g/mol. The highest BCUT2D eigenvalue weighted by atomic mass is 16.5. The van der Waals surface area contributed by atoms with E-state index >= 15 is 0 Å². The number of esters is 2. The Hall–Kier alpha value is -1.88. The maximum Gasteiger partial charge on any atom is 0.323 e. The Morgan fingerprint density at radius 1 is 1.21 bits per heavy atom. The number of hydrogen-bond acceptors (Lipinski definition) is 5. The van der Waals surface area contributed by atoms with Crippen molar-refractivity contribution in [2.75, 3.05) is 19.7 Å². The summed E-state index contributed by atoms with van der Waals surface area (Å²) in [7, 11) is 0. The van der Waals surface area contributed by atoms with Gasteiger partial charge in [-0.2, -0.15) is 0 Å². The van der Waals surface area contributed by atoms with E-state index in [1.54, 1.807) is 0 Å². The molecule has 0 aromatic heterocycles. The van der Waals surface area contributed by atoms with Gasteiger partial charge in [0.25, 0.3) is 0 Å². The Morgan fingerprint density at radius 3 is 2.62 bits per heavy atom. The molecule has 2 atom stereocenters. The molecule has 0 aliphatic carbocycles. The van der Waals surface area contributed by atoms with Crippen LogP contribution in [0, 0.1) is 5.92 Å². The van der Waals surface area contributed by atoms with Gasteiger partial charge in [0.05, 0.1) is 12.5 Å². The average Bonchev–Trinajstić information content (AvgIpc) is 3.08. The first-order valence-electron chi connectivity index (χ1n) is 8.77. The first-order valence-corrected chi connectivity index (χ1v) is 8.77. The molecule has 5 nitrogen and oxygen atoms in total. The van der Waals surface area contributed by atoms with Gasteiger partial charge < -0.3 is 9.47 Å². The molecule has 1 aliphatic heterocycles. The van der Waals surface area contributed by atoms with Crippen LogP contribution in [0.15, 0.2) is 30.3 Å². The molecular weight excluding hydrogens is 306 g/mol. The van der Waals surface area contributed by atoms with Crippen LogP contribution >= 0.6 is 0 Å². The number of rotatable bonds is 8. The van der Waals surface area contributed by atoms with Crippen molar-refractivity contribution in [2.24, 2.45) is 5.92 Å². The fraction of sp³-hybridized carbons (Fsp3) is 0.579. The minimum absolute atomic E-state index is 0.133. The van der Waals surface area contributed by atoms with E-state index in [2.05, 4.69) is 11.8 Å². The van der Waals surface area contributed by atoms with Crippen molar-refractivity contribution >= 4 is 11.9 Å². The lowest BCUT2D eigenvalue weighted by Crippen LogP contribution is -2.41. The second kappa shape index (κ2) is 9.42. The van der Waals surface area contributed by atoms with E-state index in [1.807, 2.05) is 37.3 Å². The van der Waals surface area contributed by atoms with Gasteiger partial charge in [-0.1, -0.05) is 43.7 Å². The van der Waals surface area contributed by atoms with Gasteiger partial charge in [-0.15, -0.1) is 0 Å². The highest BCUT2D eigenvalue weighted by molar-refractivity contribution is 5.77. The second-order valence-corrected chi connectivity index (χ2v) is 6.13. The highest BCUT2D eigenvalue weighted by Gasteiger charge is 2.36. The Morgan fingerprint density at radius 2 is 1.96 bits per heavy atom. The Balaban J connectivity index is 1.91. The van der Waals surface area contributed by atoms with E-state index in [4.69, 9.17) is 9.47 Å². The molecule has 0 amide bonds. The normalized spacial score (nSPS) is 19.0. The van der Waals surface area contributed by atoms with E-state index in [9.17, 15) is 9.59 Å². The lowest BCUT2D eigenvalue weighted by Gasteiger charge is -2.25. The number of hydrogen-bond donors (Lipinski definition) is 0. The molecule has 0 bridgehead atoms. The topological polar surface area (TPSA) is 55.8 Å². The molecule has 1 unspecified atom stereocenters. The molecule has 24 heavy (non-hydrogen) atoms. The van der Waals surface area contributed by atoms with Crippen molar-refractivity contribution in [1.29, 1.82) is 0 Å². The van der Waals surface area contributed by atoms with Gasteiger partial charge in [-0.3, -0.25) is 14.5 Å². The van der Waals surface area contributed by atoms with Crippen LogP contribution in [-0.2, 0) is 25.7 Å². The first kappa shape index (κ1) is 18.5. The zero-order valence-corrected chi connectivity index (χ0v) is 14.6. The summed E-state index contributed by atoms with van der Waals surface area (Å²) in [4.78, 5) is 26.5. The van der Waals surface area contributed by atoms with Gasteiger partial charge in [0, 0.05) is 6.54 Å². The summed E-state index contributed by atoms with van der Waals surface area (Å²) < 4.78 is 10.6. The third kappa shape index (κ3) is 5.06. The number of likely N-dealkylation sites (tertiary alicyclic amines) is 1. The van der Waals surface area contributed by atoms with Gasteiger partial charge in [0.1, 0.15) is 12.6 Å². The molecule has 1 aliphatic rings. The largest absolute Gasteiger partial charge is 0.466 e. The fourth-order valence-electron chi connectivity index (χ4n) is 3.07. The van der Waals surface area contributed by atoms with Crippen molar-refractivity contribution in [1.82, 2.24) is 4.90 Å². The van der Waals surface area contributed by atoms with Crippen molar-refractivity contribution < 1.29 is 19.1 Å².